The van der Waals surface area contributed by atoms with Crippen molar-refractivity contribution in [2.75, 3.05) is 13.1 Å². The Bertz CT molecular complexity index is 976. The molecule has 1 aromatic heterocycles. The molecule has 0 spiro atoms. The Labute approximate surface area is 157 Å². The van der Waals surface area contributed by atoms with E-state index in [1.54, 1.807) is 30.2 Å². The number of piperidine rings is 1. The highest BCUT2D eigenvalue weighted by molar-refractivity contribution is 5.94. The number of halogens is 1. The first-order chi connectivity index (χ1) is 13.1. The summed E-state index contributed by atoms with van der Waals surface area (Å²) in [6, 6.07) is 14.5. The molecular formula is C22H21FN2O2. The number of aryl methyl sites for hydroxylation is 1. The number of benzene rings is 2. The lowest BCUT2D eigenvalue weighted by molar-refractivity contribution is 0.0597. The summed E-state index contributed by atoms with van der Waals surface area (Å²) in [6.45, 7) is 2.88. The predicted octanol–water partition coefficient (Wildman–Crippen LogP) is 4.37. The molecule has 1 aliphatic rings. The third-order valence-corrected chi connectivity index (χ3v) is 5.04. The number of amides is 1. The summed E-state index contributed by atoms with van der Waals surface area (Å²) >= 11 is 0. The molecule has 0 aliphatic carbocycles. The van der Waals surface area contributed by atoms with Gasteiger partial charge in [-0.15, -0.1) is 0 Å². The number of hydrogen-bond acceptors (Lipinski definition) is 3. The van der Waals surface area contributed by atoms with Gasteiger partial charge in [-0.05, 0) is 36.8 Å². The molecule has 1 amide bonds. The summed E-state index contributed by atoms with van der Waals surface area (Å²) in [4.78, 5) is 18.8. The normalized spacial score (nSPS) is 15.1. The molecule has 0 bridgehead atoms. The topological polar surface area (TPSA) is 42.4 Å². The summed E-state index contributed by atoms with van der Waals surface area (Å²) in [5, 5.41) is 1.05. The van der Waals surface area contributed by atoms with Crippen LogP contribution in [-0.4, -0.2) is 35.0 Å². The Morgan fingerprint density at radius 3 is 2.70 bits per heavy atom. The average Bonchev–Trinajstić information content (AvgIpc) is 2.70. The fourth-order valence-electron chi connectivity index (χ4n) is 3.44. The zero-order valence-corrected chi connectivity index (χ0v) is 15.2. The SMILES string of the molecule is Cc1ccc(C(=O)N2CCC(Oc3cccc4cccnc34)CC2)cc1F. The second-order valence-electron chi connectivity index (χ2n) is 6.90. The lowest BCUT2D eigenvalue weighted by atomic mass is 10.1. The molecule has 4 nitrogen and oxygen atoms in total. The van der Waals surface area contributed by atoms with Gasteiger partial charge in [-0.25, -0.2) is 4.39 Å². The van der Waals surface area contributed by atoms with Gasteiger partial charge in [-0.3, -0.25) is 9.78 Å². The van der Waals surface area contributed by atoms with Crippen molar-refractivity contribution in [3.05, 3.63) is 71.7 Å². The lowest BCUT2D eigenvalue weighted by Gasteiger charge is -2.32. The standard InChI is InChI=1S/C22H21FN2O2/c1-15-7-8-17(14-19(15)23)22(26)25-12-9-18(10-13-25)27-20-6-2-4-16-5-3-11-24-21(16)20/h2-8,11,14,18H,9-10,12-13H2,1H3. The fourth-order valence-corrected chi connectivity index (χ4v) is 3.44. The second kappa shape index (κ2) is 7.35. The van der Waals surface area contributed by atoms with Crippen LogP contribution < -0.4 is 4.74 Å². The molecule has 0 unspecified atom stereocenters. The maximum atomic E-state index is 13.7. The van der Waals surface area contributed by atoms with Gasteiger partial charge in [0.2, 0.25) is 0 Å². The molecule has 0 atom stereocenters. The summed E-state index contributed by atoms with van der Waals surface area (Å²) in [5.74, 6) is 0.306. The van der Waals surface area contributed by atoms with Crippen LogP contribution in [-0.2, 0) is 0 Å². The van der Waals surface area contributed by atoms with Gasteiger partial charge in [0, 0.05) is 43.1 Å². The zero-order valence-electron chi connectivity index (χ0n) is 15.2. The van der Waals surface area contributed by atoms with Crippen LogP contribution in [0.3, 0.4) is 0 Å². The first kappa shape index (κ1) is 17.5. The van der Waals surface area contributed by atoms with Gasteiger partial charge >= 0.3 is 0 Å². The maximum absolute atomic E-state index is 13.7. The number of pyridine rings is 1. The number of aromatic nitrogens is 1. The molecule has 1 fully saturated rings. The van der Waals surface area contributed by atoms with Crippen molar-refractivity contribution in [3.63, 3.8) is 0 Å². The van der Waals surface area contributed by atoms with Crippen LogP contribution >= 0.6 is 0 Å². The number of nitrogens with zero attached hydrogens (tertiary/aromatic N) is 2. The van der Waals surface area contributed by atoms with Crippen molar-refractivity contribution in [1.82, 2.24) is 9.88 Å². The van der Waals surface area contributed by atoms with Gasteiger partial charge in [0.25, 0.3) is 5.91 Å². The minimum Gasteiger partial charge on any atom is -0.488 e. The number of carbonyl (C=O) groups is 1. The van der Waals surface area contributed by atoms with E-state index in [4.69, 9.17) is 4.74 Å². The average molecular weight is 364 g/mol. The van der Waals surface area contributed by atoms with Crippen molar-refractivity contribution >= 4 is 16.8 Å². The molecule has 1 saturated heterocycles. The maximum Gasteiger partial charge on any atom is 0.253 e. The fraction of sp³-hybridized carbons (Fsp3) is 0.273. The van der Waals surface area contributed by atoms with Crippen LogP contribution in [0.4, 0.5) is 4.39 Å². The number of hydrogen-bond donors (Lipinski definition) is 0. The Hall–Kier alpha value is -2.95. The Balaban J connectivity index is 1.41. The van der Waals surface area contributed by atoms with E-state index in [0.29, 0.717) is 24.2 Å². The van der Waals surface area contributed by atoms with E-state index in [1.165, 1.54) is 6.07 Å². The number of carbonyl (C=O) groups excluding carboxylic acids is 1. The molecular weight excluding hydrogens is 343 g/mol. The summed E-state index contributed by atoms with van der Waals surface area (Å²) < 4.78 is 19.9. The van der Waals surface area contributed by atoms with Gasteiger partial charge in [-0.2, -0.15) is 0 Å². The third-order valence-electron chi connectivity index (χ3n) is 5.04. The van der Waals surface area contributed by atoms with Crippen molar-refractivity contribution in [3.8, 4) is 5.75 Å². The molecule has 0 radical (unpaired) electrons. The summed E-state index contributed by atoms with van der Waals surface area (Å²) in [7, 11) is 0. The molecule has 4 rings (SSSR count). The molecule has 0 saturated carbocycles. The van der Waals surface area contributed by atoms with Crippen molar-refractivity contribution < 1.29 is 13.9 Å². The van der Waals surface area contributed by atoms with E-state index in [9.17, 15) is 9.18 Å². The Morgan fingerprint density at radius 1 is 1.15 bits per heavy atom. The molecule has 3 aromatic rings. The van der Waals surface area contributed by atoms with Crippen LogP contribution in [0.2, 0.25) is 0 Å². The van der Waals surface area contributed by atoms with Crippen LogP contribution in [0.25, 0.3) is 10.9 Å². The third kappa shape index (κ3) is 3.63. The Morgan fingerprint density at radius 2 is 1.93 bits per heavy atom. The highest BCUT2D eigenvalue weighted by Crippen LogP contribution is 2.26. The molecule has 2 aromatic carbocycles. The van der Waals surface area contributed by atoms with Gasteiger partial charge < -0.3 is 9.64 Å². The van der Waals surface area contributed by atoms with Crippen LogP contribution in [0.15, 0.2) is 54.7 Å². The molecule has 5 heteroatoms. The van der Waals surface area contributed by atoms with E-state index >= 15 is 0 Å². The number of fused-ring (bicyclic) bond motifs is 1. The second-order valence-corrected chi connectivity index (χ2v) is 6.90. The van der Waals surface area contributed by atoms with Crippen molar-refractivity contribution in [2.45, 2.75) is 25.9 Å². The number of likely N-dealkylation sites (tertiary alicyclic amines) is 1. The monoisotopic (exact) mass is 364 g/mol. The van der Waals surface area contributed by atoms with E-state index in [1.807, 2.05) is 30.3 Å². The minimum atomic E-state index is -0.345. The highest BCUT2D eigenvalue weighted by Gasteiger charge is 2.25. The van der Waals surface area contributed by atoms with Crippen molar-refractivity contribution in [1.29, 1.82) is 0 Å². The lowest BCUT2D eigenvalue weighted by Crippen LogP contribution is -2.41. The van der Waals surface area contributed by atoms with Gasteiger partial charge in [0.15, 0.2) is 0 Å². The molecule has 2 heterocycles. The number of para-hydroxylation sites is 1. The minimum absolute atomic E-state index is 0.0383. The molecule has 27 heavy (non-hydrogen) atoms. The van der Waals surface area contributed by atoms with Crippen LogP contribution in [0.5, 0.6) is 5.75 Å². The zero-order chi connectivity index (χ0) is 18.8. The van der Waals surface area contributed by atoms with E-state index < -0.39 is 0 Å². The predicted molar refractivity (Wildman–Crippen MR) is 102 cm³/mol. The molecule has 0 N–H and O–H groups in total. The quantitative estimate of drug-likeness (QED) is 0.693. The summed E-state index contributed by atoms with van der Waals surface area (Å²) in [6.07, 6.45) is 3.28. The number of ether oxygens (including phenoxy) is 1. The highest BCUT2D eigenvalue weighted by atomic mass is 19.1. The summed E-state index contributed by atoms with van der Waals surface area (Å²) in [5.41, 5.74) is 1.80. The first-order valence-corrected chi connectivity index (χ1v) is 9.17. The van der Waals surface area contributed by atoms with E-state index in [0.717, 1.165) is 29.5 Å². The van der Waals surface area contributed by atoms with Gasteiger partial charge in [0.1, 0.15) is 23.2 Å². The smallest absolute Gasteiger partial charge is 0.253 e. The van der Waals surface area contributed by atoms with E-state index in [-0.39, 0.29) is 17.8 Å². The van der Waals surface area contributed by atoms with Gasteiger partial charge in [-0.1, -0.05) is 24.3 Å². The first-order valence-electron chi connectivity index (χ1n) is 9.17. The van der Waals surface area contributed by atoms with Crippen LogP contribution in [0.1, 0.15) is 28.8 Å². The molecule has 1 aliphatic heterocycles. The van der Waals surface area contributed by atoms with Gasteiger partial charge in [0.05, 0.1) is 0 Å². The number of rotatable bonds is 3. The van der Waals surface area contributed by atoms with Crippen molar-refractivity contribution in [2.24, 2.45) is 0 Å². The van der Waals surface area contributed by atoms with Crippen LogP contribution in [0, 0.1) is 12.7 Å². The van der Waals surface area contributed by atoms with E-state index in [2.05, 4.69) is 4.98 Å². The Kier molecular flexibility index (Phi) is 4.75. The molecule has 138 valence electrons. The largest absolute Gasteiger partial charge is 0.488 e.